The molecule has 1 aromatic carbocycles. The maximum Gasteiger partial charge on any atom is 0.416 e. The highest BCUT2D eigenvalue weighted by molar-refractivity contribution is 5.94. The Balaban J connectivity index is 1.26. The van der Waals surface area contributed by atoms with Crippen LogP contribution < -0.4 is 10.6 Å². The van der Waals surface area contributed by atoms with Gasteiger partial charge in [0.2, 0.25) is 0 Å². The average Bonchev–Trinajstić information content (AvgIpc) is 2.66. The summed E-state index contributed by atoms with van der Waals surface area (Å²) in [7, 11) is 0. The number of hydrogen-bond donors (Lipinski definition) is 2. The first-order valence-corrected chi connectivity index (χ1v) is 10.5. The Morgan fingerprint density at radius 3 is 2.23 bits per heavy atom. The Morgan fingerprint density at radius 1 is 1.00 bits per heavy atom. The maximum atomic E-state index is 12.9. The Kier molecular flexibility index (Phi) is 4.52. The molecule has 4 aliphatic rings. The fraction of sp³-hybridized carbons (Fsp3) is 0.478. The third-order valence-corrected chi connectivity index (χ3v) is 6.90. The highest BCUT2D eigenvalue weighted by Crippen LogP contribution is 2.55. The summed E-state index contributed by atoms with van der Waals surface area (Å²) in [5.74, 6) is 2.51. The summed E-state index contributed by atoms with van der Waals surface area (Å²) in [6.45, 7) is 0. The summed E-state index contributed by atoms with van der Waals surface area (Å²) in [5, 5.41) is 6.18. The number of amides is 1. The van der Waals surface area contributed by atoms with Crippen molar-refractivity contribution in [1.82, 2.24) is 10.3 Å². The number of benzene rings is 1. The lowest BCUT2D eigenvalue weighted by Gasteiger charge is -2.56. The summed E-state index contributed by atoms with van der Waals surface area (Å²) < 4.78 is 38.6. The van der Waals surface area contributed by atoms with E-state index in [1.165, 1.54) is 31.5 Å². The zero-order valence-corrected chi connectivity index (χ0v) is 16.5. The molecule has 30 heavy (non-hydrogen) atoms. The standard InChI is InChI=1S/C23H24F3N3O/c24-23(25,26)18-2-1-3-19(9-18)28-20-5-4-17(13-27-20)21(30)29-22-10-14-6-15(11-22)8-16(7-14)12-22/h1-5,9,13-16H,6-8,10-12H2,(H,27,28)(H,29,30). The number of aromatic nitrogens is 1. The van der Waals surface area contributed by atoms with Crippen molar-refractivity contribution in [2.45, 2.75) is 50.2 Å². The molecule has 2 N–H and O–H groups in total. The van der Waals surface area contributed by atoms with Crippen molar-refractivity contribution >= 4 is 17.4 Å². The predicted molar refractivity (Wildman–Crippen MR) is 107 cm³/mol. The van der Waals surface area contributed by atoms with Gasteiger partial charge in [-0.15, -0.1) is 0 Å². The minimum Gasteiger partial charge on any atom is -0.347 e. The van der Waals surface area contributed by atoms with Crippen LogP contribution in [0.5, 0.6) is 0 Å². The van der Waals surface area contributed by atoms with E-state index in [0.29, 0.717) is 17.1 Å². The summed E-state index contributed by atoms with van der Waals surface area (Å²) >= 11 is 0. The molecule has 4 fully saturated rings. The van der Waals surface area contributed by atoms with Crippen molar-refractivity contribution < 1.29 is 18.0 Å². The zero-order chi connectivity index (χ0) is 20.9. The van der Waals surface area contributed by atoms with Gasteiger partial charge in [-0.3, -0.25) is 4.79 Å². The Labute approximate surface area is 173 Å². The molecule has 6 rings (SSSR count). The number of pyridine rings is 1. The van der Waals surface area contributed by atoms with Crippen LogP contribution in [0.2, 0.25) is 0 Å². The van der Waals surface area contributed by atoms with Crippen molar-refractivity contribution in [2.24, 2.45) is 17.8 Å². The number of anilines is 2. The molecule has 0 saturated heterocycles. The molecule has 0 atom stereocenters. The molecular formula is C23H24F3N3O. The summed E-state index contributed by atoms with van der Waals surface area (Å²) in [4.78, 5) is 17.1. The van der Waals surface area contributed by atoms with Gasteiger partial charge < -0.3 is 10.6 Å². The third-order valence-electron chi connectivity index (χ3n) is 6.90. The molecule has 4 bridgehead atoms. The molecule has 7 heteroatoms. The Bertz CT molecular complexity index is 920. The summed E-state index contributed by atoms with van der Waals surface area (Å²) in [6.07, 6.45) is 4.25. The number of halogens is 3. The predicted octanol–water partition coefficient (Wildman–Crippen LogP) is 5.54. The van der Waals surface area contributed by atoms with Gasteiger partial charge in [0, 0.05) is 17.4 Å². The number of alkyl halides is 3. The highest BCUT2D eigenvalue weighted by atomic mass is 19.4. The number of nitrogens with zero attached hydrogens (tertiary/aromatic N) is 1. The fourth-order valence-electron chi connectivity index (χ4n) is 6.10. The zero-order valence-electron chi connectivity index (χ0n) is 16.5. The van der Waals surface area contributed by atoms with Crippen LogP contribution in [-0.2, 0) is 6.18 Å². The molecule has 0 aliphatic heterocycles. The van der Waals surface area contributed by atoms with Gasteiger partial charge in [0.25, 0.3) is 5.91 Å². The molecule has 1 aromatic heterocycles. The molecule has 1 heterocycles. The second kappa shape index (κ2) is 7.00. The van der Waals surface area contributed by atoms with E-state index < -0.39 is 11.7 Å². The molecule has 4 nitrogen and oxygen atoms in total. The van der Waals surface area contributed by atoms with Crippen LogP contribution in [0.25, 0.3) is 0 Å². The second-order valence-electron chi connectivity index (χ2n) is 9.29. The molecule has 158 valence electrons. The maximum absolute atomic E-state index is 12.9. The lowest BCUT2D eigenvalue weighted by Crippen LogP contribution is -2.59. The van der Waals surface area contributed by atoms with E-state index >= 15 is 0 Å². The van der Waals surface area contributed by atoms with Crippen LogP contribution in [0.1, 0.15) is 54.4 Å². The first-order valence-electron chi connectivity index (χ1n) is 10.5. The smallest absolute Gasteiger partial charge is 0.347 e. The van der Waals surface area contributed by atoms with Gasteiger partial charge in [0.15, 0.2) is 0 Å². The molecule has 4 aliphatic carbocycles. The number of carbonyl (C=O) groups is 1. The van der Waals surface area contributed by atoms with E-state index in [2.05, 4.69) is 15.6 Å². The van der Waals surface area contributed by atoms with E-state index in [1.54, 1.807) is 18.2 Å². The van der Waals surface area contributed by atoms with Crippen molar-refractivity contribution in [3.05, 3.63) is 53.7 Å². The van der Waals surface area contributed by atoms with Crippen LogP contribution in [0, 0.1) is 17.8 Å². The minimum atomic E-state index is -4.40. The van der Waals surface area contributed by atoms with Gasteiger partial charge in [-0.2, -0.15) is 13.2 Å². The van der Waals surface area contributed by atoms with Crippen molar-refractivity contribution in [3.8, 4) is 0 Å². The topological polar surface area (TPSA) is 54.0 Å². The first-order chi connectivity index (χ1) is 14.3. The lowest BCUT2D eigenvalue weighted by molar-refractivity contribution is -0.137. The minimum absolute atomic E-state index is 0.0687. The molecular weight excluding hydrogens is 391 g/mol. The van der Waals surface area contributed by atoms with E-state index in [1.807, 2.05) is 0 Å². The summed E-state index contributed by atoms with van der Waals surface area (Å²) in [6, 6.07) is 8.24. The average molecular weight is 415 g/mol. The van der Waals surface area contributed by atoms with Gasteiger partial charge in [-0.1, -0.05) is 6.07 Å². The molecule has 0 unspecified atom stereocenters. The van der Waals surface area contributed by atoms with Crippen molar-refractivity contribution in [3.63, 3.8) is 0 Å². The van der Waals surface area contributed by atoms with Crippen LogP contribution in [0.3, 0.4) is 0 Å². The number of rotatable bonds is 4. The quantitative estimate of drug-likeness (QED) is 0.689. The second-order valence-corrected chi connectivity index (χ2v) is 9.29. The fourth-order valence-corrected chi connectivity index (χ4v) is 6.10. The SMILES string of the molecule is O=C(NC12CC3CC(CC(C3)C1)C2)c1ccc(Nc2cccc(C(F)(F)F)c2)nc1. The van der Waals surface area contributed by atoms with Crippen LogP contribution in [0.4, 0.5) is 24.7 Å². The lowest BCUT2D eigenvalue weighted by atomic mass is 9.53. The van der Waals surface area contributed by atoms with E-state index in [9.17, 15) is 18.0 Å². The van der Waals surface area contributed by atoms with Gasteiger partial charge >= 0.3 is 6.18 Å². The van der Waals surface area contributed by atoms with Crippen LogP contribution in [0.15, 0.2) is 42.6 Å². The van der Waals surface area contributed by atoms with E-state index in [4.69, 9.17) is 0 Å². The number of hydrogen-bond acceptors (Lipinski definition) is 3. The Hall–Kier alpha value is -2.57. The first kappa shape index (κ1) is 19.4. The molecule has 0 radical (unpaired) electrons. The molecule has 0 spiro atoms. The molecule has 4 saturated carbocycles. The van der Waals surface area contributed by atoms with E-state index in [0.717, 1.165) is 49.1 Å². The largest absolute Gasteiger partial charge is 0.416 e. The normalized spacial score (nSPS) is 29.6. The number of carbonyl (C=O) groups excluding carboxylic acids is 1. The monoisotopic (exact) mass is 415 g/mol. The molecule has 1 amide bonds. The van der Waals surface area contributed by atoms with Crippen LogP contribution >= 0.6 is 0 Å². The van der Waals surface area contributed by atoms with Crippen molar-refractivity contribution in [2.75, 3.05) is 5.32 Å². The molecule has 2 aromatic rings. The van der Waals surface area contributed by atoms with E-state index in [-0.39, 0.29) is 11.4 Å². The summed E-state index contributed by atoms with van der Waals surface area (Å²) in [5.41, 5.74) is -0.0247. The van der Waals surface area contributed by atoms with Crippen molar-refractivity contribution in [1.29, 1.82) is 0 Å². The van der Waals surface area contributed by atoms with Gasteiger partial charge in [-0.05, 0) is 86.6 Å². The van der Waals surface area contributed by atoms with Gasteiger partial charge in [-0.25, -0.2) is 4.98 Å². The van der Waals surface area contributed by atoms with Gasteiger partial charge in [0.05, 0.1) is 11.1 Å². The van der Waals surface area contributed by atoms with Crippen LogP contribution in [-0.4, -0.2) is 16.4 Å². The highest BCUT2D eigenvalue weighted by Gasteiger charge is 2.51. The van der Waals surface area contributed by atoms with Gasteiger partial charge in [0.1, 0.15) is 5.82 Å². The Morgan fingerprint density at radius 2 is 1.67 bits per heavy atom. The third kappa shape index (κ3) is 3.77. The number of nitrogens with one attached hydrogen (secondary N) is 2.